The molecule has 0 aliphatic carbocycles. The Bertz CT molecular complexity index is 634. The second kappa shape index (κ2) is 6.77. The Morgan fingerprint density at radius 3 is 2.62 bits per heavy atom. The zero-order valence-electron chi connectivity index (χ0n) is 11.2. The van der Waals surface area contributed by atoms with Gasteiger partial charge in [0, 0.05) is 19.3 Å². The topological polar surface area (TPSA) is 54.8 Å². The van der Waals surface area contributed by atoms with Crippen LogP contribution in [0.5, 0.6) is 0 Å². The second-order valence-electron chi connectivity index (χ2n) is 4.63. The fourth-order valence-electron chi connectivity index (χ4n) is 2.14. The van der Waals surface area contributed by atoms with Crippen LogP contribution >= 0.6 is 35.0 Å². The van der Waals surface area contributed by atoms with Crippen LogP contribution in [-0.4, -0.2) is 33.0 Å². The largest absolute Gasteiger partial charge is 0.341 e. The van der Waals surface area contributed by atoms with E-state index in [1.54, 1.807) is 18.3 Å². The normalized spacial score (nSPS) is 15.2. The number of aromatic nitrogens is 4. The highest BCUT2D eigenvalue weighted by Crippen LogP contribution is 2.30. The standard InChI is InChI=1S/C13H13Cl2N5S/c14-9-5-4-6-16-10(9)21-13-18-11(15)17-12(19-13)20-7-2-1-3-8-20/h4-6H,1-3,7-8H2. The van der Waals surface area contributed by atoms with Gasteiger partial charge >= 0.3 is 0 Å². The number of halogens is 2. The van der Waals surface area contributed by atoms with E-state index in [2.05, 4.69) is 24.8 Å². The third-order valence-corrected chi connectivity index (χ3v) is 4.60. The molecule has 0 spiro atoms. The Morgan fingerprint density at radius 2 is 1.86 bits per heavy atom. The molecule has 0 amide bonds. The van der Waals surface area contributed by atoms with Crippen LogP contribution in [0.3, 0.4) is 0 Å². The van der Waals surface area contributed by atoms with Gasteiger partial charge in [0.15, 0.2) is 5.16 Å². The van der Waals surface area contributed by atoms with Crippen molar-refractivity contribution in [1.82, 2.24) is 19.9 Å². The molecule has 3 rings (SSSR count). The number of nitrogens with zero attached hydrogens (tertiary/aromatic N) is 5. The van der Waals surface area contributed by atoms with E-state index in [-0.39, 0.29) is 5.28 Å². The maximum atomic E-state index is 6.10. The van der Waals surface area contributed by atoms with Gasteiger partial charge in [-0.05, 0) is 54.8 Å². The summed E-state index contributed by atoms with van der Waals surface area (Å²) in [6.45, 7) is 1.91. The molecule has 2 aromatic rings. The molecule has 1 fully saturated rings. The average Bonchev–Trinajstić information content (AvgIpc) is 2.50. The van der Waals surface area contributed by atoms with Crippen molar-refractivity contribution in [1.29, 1.82) is 0 Å². The lowest BCUT2D eigenvalue weighted by Crippen LogP contribution is -2.31. The Hall–Kier alpha value is -1.11. The molecule has 21 heavy (non-hydrogen) atoms. The van der Waals surface area contributed by atoms with E-state index in [0.717, 1.165) is 25.9 Å². The Balaban J connectivity index is 1.85. The summed E-state index contributed by atoms with van der Waals surface area (Å²) in [6, 6.07) is 3.57. The van der Waals surface area contributed by atoms with Gasteiger partial charge in [0.25, 0.3) is 0 Å². The maximum absolute atomic E-state index is 6.10. The molecule has 1 aliphatic heterocycles. The Labute approximate surface area is 137 Å². The first-order valence-electron chi connectivity index (χ1n) is 6.67. The molecule has 110 valence electrons. The molecule has 0 radical (unpaired) electrons. The first kappa shape index (κ1) is 14.8. The number of rotatable bonds is 3. The summed E-state index contributed by atoms with van der Waals surface area (Å²) in [7, 11) is 0. The number of hydrogen-bond acceptors (Lipinski definition) is 6. The summed E-state index contributed by atoms with van der Waals surface area (Å²) in [6.07, 6.45) is 5.23. The lowest BCUT2D eigenvalue weighted by Gasteiger charge is -2.26. The monoisotopic (exact) mass is 341 g/mol. The highest BCUT2D eigenvalue weighted by molar-refractivity contribution is 7.99. The third-order valence-electron chi connectivity index (χ3n) is 3.13. The smallest absolute Gasteiger partial charge is 0.230 e. The van der Waals surface area contributed by atoms with E-state index in [1.807, 2.05) is 0 Å². The highest BCUT2D eigenvalue weighted by Gasteiger charge is 2.16. The fourth-order valence-corrected chi connectivity index (χ4v) is 3.29. The molecule has 0 bridgehead atoms. The first-order chi connectivity index (χ1) is 10.2. The van der Waals surface area contributed by atoms with Crippen molar-refractivity contribution in [3.63, 3.8) is 0 Å². The Kier molecular flexibility index (Phi) is 4.77. The van der Waals surface area contributed by atoms with Crippen LogP contribution in [0.1, 0.15) is 19.3 Å². The van der Waals surface area contributed by atoms with E-state index in [9.17, 15) is 0 Å². The van der Waals surface area contributed by atoms with Gasteiger partial charge in [0.1, 0.15) is 5.03 Å². The van der Waals surface area contributed by atoms with Crippen molar-refractivity contribution in [2.24, 2.45) is 0 Å². The predicted molar refractivity (Wildman–Crippen MR) is 84.3 cm³/mol. The molecule has 0 aromatic carbocycles. The van der Waals surface area contributed by atoms with Crippen molar-refractivity contribution in [3.8, 4) is 0 Å². The van der Waals surface area contributed by atoms with Gasteiger partial charge in [-0.25, -0.2) is 4.98 Å². The maximum Gasteiger partial charge on any atom is 0.230 e. The molecular weight excluding hydrogens is 329 g/mol. The third kappa shape index (κ3) is 3.75. The van der Waals surface area contributed by atoms with Crippen LogP contribution in [0.25, 0.3) is 0 Å². The van der Waals surface area contributed by atoms with Crippen LogP contribution in [0.2, 0.25) is 10.3 Å². The van der Waals surface area contributed by atoms with Crippen molar-refractivity contribution in [2.45, 2.75) is 29.4 Å². The van der Waals surface area contributed by atoms with Crippen molar-refractivity contribution < 1.29 is 0 Å². The van der Waals surface area contributed by atoms with E-state index < -0.39 is 0 Å². The van der Waals surface area contributed by atoms with Gasteiger partial charge in [0.05, 0.1) is 5.02 Å². The summed E-state index contributed by atoms with van der Waals surface area (Å²) < 4.78 is 0. The van der Waals surface area contributed by atoms with Gasteiger partial charge in [-0.15, -0.1) is 0 Å². The number of piperidine rings is 1. The van der Waals surface area contributed by atoms with Crippen LogP contribution in [0, 0.1) is 0 Å². The first-order valence-corrected chi connectivity index (χ1v) is 8.24. The van der Waals surface area contributed by atoms with E-state index >= 15 is 0 Å². The van der Waals surface area contributed by atoms with E-state index in [1.165, 1.54) is 18.2 Å². The highest BCUT2D eigenvalue weighted by atomic mass is 35.5. The molecule has 3 heterocycles. The molecule has 5 nitrogen and oxygen atoms in total. The quantitative estimate of drug-likeness (QED) is 0.847. The van der Waals surface area contributed by atoms with Gasteiger partial charge < -0.3 is 4.90 Å². The van der Waals surface area contributed by atoms with E-state index in [0.29, 0.717) is 21.2 Å². The van der Waals surface area contributed by atoms with Crippen LogP contribution < -0.4 is 4.90 Å². The molecule has 2 aromatic heterocycles. The van der Waals surface area contributed by atoms with E-state index in [4.69, 9.17) is 23.2 Å². The predicted octanol–water partition coefficient (Wildman–Crippen LogP) is 3.71. The van der Waals surface area contributed by atoms with Crippen molar-refractivity contribution in [2.75, 3.05) is 18.0 Å². The zero-order valence-corrected chi connectivity index (χ0v) is 13.5. The summed E-state index contributed by atoms with van der Waals surface area (Å²) in [5.41, 5.74) is 0. The number of hydrogen-bond donors (Lipinski definition) is 0. The summed E-state index contributed by atoms with van der Waals surface area (Å²) in [5.74, 6) is 0.629. The molecule has 0 saturated carbocycles. The Morgan fingerprint density at radius 1 is 1.05 bits per heavy atom. The molecule has 1 aliphatic rings. The van der Waals surface area contributed by atoms with Crippen molar-refractivity contribution >= 4 is 40.9 Å². The molecular formula is C13H13Cl2N5S. The summed E-state index contributed by atoms with van der Waals surface area (Å²) in [5, 5.41) is 1.93. The van der Waals surface area contributed by atoms with Crippen LogP contribution in [0.4, 0.5) is 5.95 Å². The zero-order chi connectivity index (χ0) is 14.7. The summed E-state index contributed by atoms with van der Waals surface area (Å²) in [4.78, 5) is 19.2. The van der Waals surface area contributed by atoms with Gasteiger partial charge in [0.2, 0.25) is 11.2 Å². The lowest BCUT2D eigenvalue weighted by molar-refractivity contribution is 0.564. The molecule has 0 unspecified atom stereocenters. The molecule has 1 saturated heterocycles. The molecule has 8 heteroatoms. The molecule has 0 atom stereocenters. The lowest BCUT2D eigenvalue weighted by atomic mass is 10.1. The van der Waals surface area contributed by atoms with Crippen LogP contribution in [-0.2, 0) is 0 Å². The number of pyridine rings is 1. The fraction of sp³-hybridized carbons (Fsp3) is 0.385. The minimum Gasteiger partial charge on any atom is -0.341 e. The summed E-state index contributed by atoms with van der Waals surface area (Å²) >= 11 is 13.4. The SMILES string of the molecule is Clc1nc(Sc2ncccc2Cl)nc(N2CCCCC2)n1. The minimum absolute atomic E-state index is 0.195. The van der Waals surface area contributed by atoms with Gasteiger partial charge in [-0.3, -0.25) is 0 Å². The van der Waals surface area contributed by atoms with Gasteiger partial charge in [-0.2, -0.15) is 15.0 Å². The molecule has 0 N–H and O–H groups in total. The van der Waals surface area contributed by atoms with Gasteiger partial charge in [-0.1, -0.05) is 11.6 Å². The van der Waals surface area contributed by atoms with Crippen molar-refractivity contribution in [3.05, 3.63) is 28.6 Å². The average molecular weight is 342 g/mol. The number of anilines is 1. The second-order valence-corrected chi connectivity index (χ2v) is 6.33. The minimum atomic E-state index is 0.195. The van der Waals surface area contributed by atoms with Crippen LogP contribution in [0.15, 0.2) is 28.5 Å².